The van der Waals surface area contributed by atoms with Gasteiger partial charge in [-0.25, -0.2) is 0 Å². The normalized spacial score (nSPS) is 11.6. The third-order valence-electron chi connectivity index (χ3n) is 3.08. The summed E-state index contributed by atoms with van der Waals surface area (Å²) in [5.74, 6) is 0.491. The Morgan fingerprint density at radius 2 is 1.89 bits per heavy atom. The first-order valence-corrected chi connectivity index (χ1v) is 6.37. The molecule has 0 radical (unpaired) electrons. The molecule has 1 heterocycles. The molecule has 1 aromatic carbocycles. The van der Waals surface area contributed by atoms with Crippen molar-refractivity contribution in [1.29, 1.82) is 0 Å². The van der Waals surface area contributed by atoms with Crippen LogP contribution >= 0.6 is 0 Å². The van der Waals surface area contributed by atoms with Gasteiger partial charge in [-0.3, -0.25) is 4.99 Å². The third kappa shape index (κ3) is 2.70. The van der Waals surface area contributed by atoms with Crippen molar-refractivity contribution in [2.45, 2.75) is 33.6 Å². The summed E-state index contributed by atoms with van der Waals surface area (Å²) in [5.41, 5.74) is 5.84. The van der Waals surface area contributed by atoms with Crippen molar-refractivity contribution in [3.63, 3.8) is 0 Å². The van der Waals surface area contributed by atoms with Crippen LogP contribution in [0.3, 0.4) is 0 Å². The Bertz CT molecular complexity index is 562. The minimum Gasteiger partial charge on any atom is -0.358 e. The molecule has 0 amide bonds. The fraction of sp³-hybridized carbons (Fsp3) is 0.312. The number of hydrogen-bond acceptors (Lipinski definition) is 1. The molecule has 2 heteroatoms. The van der Waals surface area contributed by atoms with E-state index >= 15 is 0 Å². The van der Waals surface area contributed by atoms with Gasteiger partial charge in [0.05, 0.1) is 17.6 Å². The molecule has 2 nitrogen and oxygen atoms in total. The fourth-order valence-corrected chi connectivity index (χ4v) is 2.11. The summed E-state index contributed by atoms with van der Waals surface area (Å²) in [4.78, 5) is 7.93. The van der Waals surface area contributed by atoms with Gasteiger partial charge in [0.25, 0.3) is 0 Å². The van der Waals surface area contributed by atoms with E-state index in [0.717, 1.165) is 11.4 Å². The molecule has 2 rings (SSSR count). The SMILES string of the molecule is Cc1cc(C)c(C=Nc2ccccc2C(C)C)[nH]1. The molecule has 0 aliphatic heterocycles. The van der Waals surface area contributed by atoms with Gasteiger partial charge in [0, 0.05) is 5.69 Å². The number of hydrogen-bond donors (Lipinski definition) is 1. The summed E-state index contributed by atoms with van der Waals surface area (Å²) >= 11 is 0. The lowest BCUT2D eigenvalue weighted by Crippen LogP contribution is -1.89. The first-order chi connectivity index (χ1) is 8.58. The Morgan fingerprint density at radius 1 is 1.17 bits per heavy atom. The minimum atomic E-state index is 0.491. The molecule has 0 saturated carbocycles. The Balaban J connectivity index is 2.32. The lowest BCUT2D eigenvalue weighted by atomic mass is 10.0. The number of rotatable bonds is 3. The van der Waals surface area contributed by atoms with Crippen LogP contribution < -0.4 is 0 Å². The van der Waals surface area contributed by atoms with Crippen molar-refractivity contribution >= 4 is 11.9 Å². The number of nitrogens with one attached hydrogen (secondary N) is 1. The summed E-state index contributed by atoms with van der Waals surface area (Å²) in [5, 5.41) is 0. The van der Waals surface area contributed by atoms with Crippen molar-refractivity contribution in [2.24, 2.45) is 4.99 Å². The van der Waals surface area contributed by atoms with Gasteiger partial charge in [-0.1, -0.05) is 32.0 Å². The van der Waals surface area contributed by atoms with Crippen LogP contribution in [0, 0.1) is 13.8 Å². The predicted octanol–water partition coefficient (Wildman–Crippen LogP) is 4.51. The van der Waals surface area contributed by atoms with Crippen LogP contribution in [-0.4, -0.2) is 11.2 Å². The van der Waals surface area contributed by atoms with E-state index in [-0.39, 0.29) is 0 Å². The standard InChI is InChI=1S/C16H20N2/c1-11(2)14-7-5-6-8-15(14)17-10-16-12(3)9-13(4)18-16/h5-11,18H,1-4H3. The van der Waals surface area contributed by atoms with E-state index in [0.29, 0.717) is 5.92 Å². The highest BCUT2D eigenvalue weighted by atomic mass is 14.8. The van der Waals surface area contributed by atoms with Crippen LogP contribution in [0.1, 0.15) is 42.3 Å². The highest BCUT2D eigenvalue weighted by Crippen LogP contribution is 2.26. The molecule has 0 atom stereocenters. The molecule has 0 aliphatic carbocycles. The van der Waals surface area contributed by atoms with Gasteiger partial charge in [-0.2, -0.15) is 0 Å². The number of H-pyrrole nitrogens is 1. The molecule has 0 spiro atoms. The molecule has 18 heavy (non-hydrogen) atoms. The van der Waals surface area contributed by atoms with Crippen molar-refractivity contribution in [2.75, 3.05) is 0 Å². The molecular weight excluding hydrogens is 220 g/mol. The summed E-state index contributed by atoms with van der Waals surface area (Å²) in [6.07, 6.45) is 1.92. The van der Waals surface area contributed by atoms with Crippen LogP contribution in [-0.2, 0) is 0 Å². The minimum absolute atomic E-state index is 0.491. The maximum Gasteiger partial charge on any atom is 0.0665 e. The van der Waals surface area contributed by atoms with Crippen molar-refractivity contribution in [3.05, 3.63) is 52.8 Å². The van der Waals surface area contributed by atoms with Gasteiger partial charge in [0.2, 0.25) is 0 Å². The van der Waals surface area contributed by atoms with E-state index < -0.39 is 0 Å². The maximum absolute atomic E-state index is 4.62. The molecule has 0 saturated heterocycles. The molecule has 0 bridgehead atoms. The van der Waals surface area contributed by atoms with E-state index in [4.69, 9.17) is 0 Å². The molecule has 0 aliphatic rings. The number of nitrogens with zero attached hydrogens (tertiary/aromatic N) is 1. The number of aromatic amines is 1. The van der Waals surface area contributed by atoms with E-state index in [2.05, 4.69) is 61.9 Å². The Morgan fingerprint density at radius 3 is 2.50 bits per heavy atom. The molecule has 2 aromatic rings. The van der Waals surface area contributed by atoms with E-state index in [1.54, 1.807) is 0 Å². The van der Waals surface area contributed by atoms with Gasteiger partial charge in [0.1, 0.15) is 0 Å². The number of para-hydroxylation sites is 1. The third-order valence-corrected chi connectivity index (χ3v) is 3.08. The molecule has 1 N–H and O–H groups in total. The van der Waals surface area contributed by atoms with Crippen LogP contribution in [0.25, 0.3) is 0 Å². The van der Waals surface area contributed by atoms with Crippen molar-refractivity contribution in [3.8, 4) is 0 Å². The zero-order valence-corrected chi connectivity index (χ0v) is 11.5. The first kappa shape index (κ1) is 12.6. The second-order valence-corrected chi connectivity index (χ2v) is 5.02. The van der Waals surface area contributed by atoms with Gasteiger partial charge in [0.15, 0.2) is 0 Å². The van der Waals surface area contributed by atoms with Crippen LogP contribution in [0.5, 0.6) is 0 Å². The molecule has 0 fully saturated rings. The number of aromatic nitrogens is 1. The molecular formula is C16H20N2. The van der Waals surface area contributed by atoms with Crippen LogP contribution in [0.15, 0.2) is 35.3 Å². The number of aliphatic imine (C=N–C) groups is 1. The topological polar surface area (TPSA) is 28.1 Å². The monoisotopic (exact) mass is 240 g/mol. The fourth-order valence-electron chi connectivity index (χ4n) is 2.11. The Hall–Kier alpha value is -1.83. The predicted molar refractivity (Wildman–Crippen MR) is 78.1 cm³/mol. The van der Waals surface area contributed by atoms with Crippen LogP contribution in [0.2, 0.25) is 0 Å². The largest absolute Gasteiger partial charge is 0.358 e. The van der Waals surface area contributed by atoms with Gasteiger partial charge in [-0.05, 0) is 43.0 Å². The smallest absolute Gasteiger partial charge is 0.0665 e. The van der Waals surface area contributed by atoms with Crippen molar-refractivity contribution in [1.82, 2.24) is 4.98 Å². The number of aryl methyl sites for hydroxylation is 2. The zero-order chi connectivity index (χ0) is 13.1. The number of benzene rings is 1. The maximum atomic E-state index is 4.62. The van der Waals surface area contributed by atoms with E-state index in [9.17, 15) is 0 Å². The summed E-state index contributed by atoms with van der Waals surface area (Å²) in [7, 11) is 0. The quantitative estimate of drug-likeness (QED) is 0.765. The van der Waals surface area contributed by atoms with Crippen LogP contribution in [0.4, 0.5) is 5.69 Å². The average Bonchev–Trinajstić information content (AvgIpc) is 2.65. The first-order valence-electron chi connectivity index (χ1n) is 6.37. The van der Waals surface area contributed by atoms with Gasteiger partial charge < -0.3 is 4.98 Å². The second-order valence-electron chi connectivity index (χ2n) is 5.02. The summed E-state index contributed by atoms with van der Waals surface area (Å²) < 4.78 is 0. The Labute approximate surface area is 109 Å². The lowest BCUT2D eigenvalue weighted by Gasteiger charge is -2.08. The van der Waals surface area contributed by atoms with Crippen molar-refractivity contribution < 1.29 is 0 Å². The zero-order valence-electron chi connectivity index (χ0n) is 11.5. The molecule has 1 aromatic heterocycles. The Kier molecular flexibility index (Phi) is 3.66. The van der Waals surface area contributed by atoms with E-state index in [1.807, 2.05) is 12.3 Å². The lowest BCUT2D eigenvalue weighted by molar-refractivity contribution is 0.867. The molecule has 94 valence electrons. The summed E-state index contributed by atoms with van der Waals surface area (Å²) in [6.45, 7) is 8.54. The second kappa shape index (κ2) is 5.21. The van der Waals surface area contributed by atoms with Gasteiger partial charge >= 0.3 is 0 Å². The highest BCUT2D eigenvalue weighted by Gasteiger charge is 2.04. The van der Waals surface area contributed by atoms with Gasteiger partial charge in [-0.15, -0.1) is 0 Å². The highest BCUT2D eigenvalue weighted by molar-refractivity contribution is 5.82. The average molecular weight is 240 g/mol. The van der Waals surface area contributed by atoms with E-state index in [1.165, 1.54) is 16.8 Å². The molecule has 0 unspecified atom stereocenters. The summed E-state index contributed by atoms with van der Waals surface area (Å²) in [6, 6.07) is 10.4.